The molecule has 1 aromatic carbocycles. The summed E-state index contributed by atoms with van der Waals surface area (Å²) in [5.41, 5.74) is 3.51. The Morgan fingerprint density at radius 3 is 2.73 bits per heavy atom. The monoisotopic (exact) mass is 205 g/mol. The molecule has 0 aliphatic carbocycles. The Kier molecular flexibility index (Phi) is 5.08. The van der Waals surface area contributed by atoms with Crippen LogP contribution < -0.4 is 5.32 Å². The Bertz CT molecular complexity index is 327. The molecule has 0 bridgehead atoms. The van der Waals surface area contributed by atoms with E-state index in [0.717, 1.165) is 18.7 Å². The van der Waals surface area contributed by atoms with E-state index in [1.165, 1.54) is 11.1 Å². The van der Waals surface area contributed by atoms with Crippen molar-refractivity contribution >= 4 is 0 Å². The summed E-state index contributed by atoms with van der Waals surface area (Å²) in [5.74, 6) is 0. The van der Waals surface area contributed by atoms with Gasteiger partial charge in [-0.25, -0.2) is 0 Å². The molecule has 0 spiro atoms. The van der Waals surface area contributed by atoms with E-state index in [-0.39, 0.29) is 6.61 Å². The maximum absolute atomic E-state index is 8.98. The molecular weight excluding hydrogens is 186 g/mol. The van der Waals surface area contributed by atoms with E-state index in [9.17, 15) is 0 Å². The summed E-state index contributed by atoms with van der Waals surface area (Å²) >= 11 is 0. The molecule has 0 amide bonds. The quantitative estimate of drug-likeness (QED) is 0.570. The Hall–Kier alpha value is -1.12. The number of aliphatic hydroxyl groups excluding tert-OH is 1. The first-order valence-corrected chi connectivity index (χ1v) is 5.25. The molecule has 0 fully saturated rings. The topological polar surface area (TPSA) is 32.3 Å². The molecule has 0 aliphatic rings. The van der Waals surface area contributed by atoms with Gasteiger partial charge in [0.15, 0.2) is 0 Å². The highest BCUT2D eigenvalue weighted by Gasteiger charge is 1.93. The van der Waals surface area contributed by atoms with Crippen LogP contribution in [0.25, 0.3) is 0 Å². The van der Waals surface area contributed by atoms with Crippen LogP contribution >= 0.6 is 0 Å². The molecule has 2 N–H and O–H groups in total. The van der Waals surface area contributed by atoms with Gasteiger partial charge in [-0.2, -0.15) is 0 Å². The molecule has 2 heteroatoms. The Morgan fingerprint density at radius 2 is 2.07 bits per heavy atom. The predicted molar refractivity (Wildman–Crippen MR) is 63.5 cm³/mol. The van der Waals surface area contributed by atoms with Crippen molar-refractivity contribution in [1.82, 2.24) is 5.32 Å². The van der Waals surface area contributed by atoms with Gasteiger partial charge in [-0.15, -0.1) is 0 Å². The molecular formula is C13H19NO. The average molecular weight is 205 g/mol. The lowest BCUT2D eigenvalue weighted by molar-refractivity contribution is 0.281. The summed E-state index contributed by atoms with van der Waals surface area (Å²) < 4.78 is 0. The Morgan fingerprint density at radius 1 is 1.33 bits per heavy atom. The van der Waals surface area contributed by atoms with Crippen molar-refractivity contribution < 1.29 is 5.11 Å². The second-order valence-electron chi connectivity index (χ2n) is 3.89. The van der Waals surface area contributed by atoms with Crippen LogP contribution in [0.2, 0.25) is 0 Å². The lowest BCUT2D eigenvalue weighted by Crippen LogP contribution is -2.13. The summed E-state index contributed by atoms with van der Waals surface area (Å²) in [6.45, 7) is 6.03. The molecule has 0 saturated carbocycles. The summed E-state index contributed by atoms with van der Waals surface area (Å²) in [6.07, 6.45) is 2.16. The normalized spacial score (nSPS) is 10.1. The zero-order valence-corrected chi connectivity index (χ0v) is 9.46. The molecule has 0 unspecified atom stereocenters. The zero-order valence-electron chi connectivity index (χ0n) is 9.46. The second-order valence-corrected chi connectivity index (χ2v) is 3.89. The Labute approximate surface area is 91.6 Å². The van der Waals surface area contributed by atoms with Gasteiger partial charge in [0.2, 0.25) is 0 Å². The molecule has 1 rings (SSSR count). The third-order valence-electron chi connectivity index (χ3n) is 2.16. The van der Waals surface area contributed by atoms with E-state index in [1.807, 2.05) is 18.2 Å². The van der Waals surface area contributed by atoms with Gasteiger partial charge in [0.05, 0.1) is 6.61 Å². The van der Waals surface area contributed by atoms with Crippen molar-refractivity contribution in [3.63, 3.8) is 0 Å². The van der Waals surface area contributed by atoms with Gasteiger partial charge in [0.25, 0.3) is 0 Å². The van der Waals surface area contributed by atoms with Gasteiger partial charge in [0, 0.05) is 13.1 Å². The van der Waals surface area contributed by atoms with Crippen molar-refractivity contribution in [2.24, 2.45) is 0 Å². The summed E-state index contributed by atoms with van der Waals surface area (Å²) in [7, 11) is 0. The summed E-state index contributed by atoms with van der Waals surface area (Å²) in [6, 6.07) is 7.99. The minimum Gasteiger partial charge on any atom is -0.392 e. The van der Waals surface area contributed by atoms with Crippen molar-refractivity contribution in [1.29, 1.82) is 0 Å². The van der Waals surface area contributed by atoms with Gasteiger partial charge in [-0.1, -0.05) is 35.9 Å². The average Bonchev–Trinajstić information content (AvgIpc) is 2.24. The van der Waals surface area contributed by atoms with Crippen LogP contribution in [0.5, 0.6) is 0 Å². The first-order valence-electron chi connectivity index (χ1n) is 5.25. The van der Waals surface area contributed by atoms with E-state index in [4.69, 9.17) is 5.11 Å². The number of aliphatic hydroxyl groups is 1. The molecule has 0 saturated heterocycles. The maximum atomic E-state index is 8.98. The van der Waals surface area contributed by atoms with E-state index in [0.29, 0.717) is 0 Å². The van der Waals surface area contributed by atoms with Crippen LogP contribution in [0.3, 0.4) is 0 Å². The SMILES string of the molecule is CC(C)=CCNCc1cccc(CO)c1. The highest BCUT2D eigenvalue weighted by molar-refractivity contribution is 5.22. The molecule has 0 aliphatic heterocycles. The number of benzene rings is 1. The smallest absolute Gasteiger partial charge is 0.0681 e. The van der Waals surface area contributed by atoms with E-state index in [1.54, 1.807) is 0 Å². The van der Waals surface area contributed by atoms with Gasteiger partial charge < -0.3 is 10.4 Å². The van der Waals surface area contributed by atoms with Crippen LogP contribution in [0.1, 0.15) is 25.0 Å². The molecule has 0 heterocycles. The highest BCUT2D eigenvalue weighted by atomic mass is 16.3. The fraction of sp³-hybridized carbons (Fsp3) is 0.385. The number of hydrogen-bond donors (Lipinski definition) is 2. The third-order valence-corrected chi connectivity index (χ3v) is 2.16. The van der Waals surface area contributed by atoms with Crippen LogP contribution in [-0.2, 0) is 13.2 Å². The van der Waals surface area contributed by atoms with Crippen molar-refractivity contribution in [3.8, 4) is 0 Å². The van der Waals surface area contributed by atoms with Crippen molar-refractivity contribution in [3.05, 3.63) is 47.0 Å². The maximum Gasteiger partial charge on any atom is 0.0681 e. The van der Waals surface area contributed by atoms with E-state index < -0.39 is 0 Å². The van der Waals surface area contributed by atoms with Gasteiger partial charge >= 0.3 is 0 Å². The number of hydrogen-bond acceptors (Lipinski definition) is 2. The van der Waals surface area contributed by atoms with E-state index in [2.05, 4.69) is 31.3 Å². The second kappa shape index (κ2) is 6.38. The lowest BCUT2D eigenvalue weighted by atomic mass is 10.1. The Balaban J connectivity index is 2.40. The third kappa shape index (κ3) is 4.77. The van der Waals surface area contributed by atoms with Crippen molar-refractivity contribution in [2.45, 2.75) is 27.0 Å². The fourth-order valence-corrected chi connectivity index (χ4v) is 1.33. The zero-order chi connectivity index (χ0) is 11.1. The summed E-state index contributed by atoms with van der Waals surface area (Å²) in [4.78, 5) is 0. The van der Waals surface area contributed by atoms with Gasteiger partial charge in [0.1, 0.15) is 0 Å². The molecule has 15 heavy (non-hydrogen) atoms. The van der Waals surface area contributed by atoms with Crippen molar-refractivity contribution in [2.75, 3.05) is 6.54 Å². The lowest BCUT2D eigenvalue weighted by Gasteiger charge is -2.04. The van der Waals surface area contributed by atoms with Crippen LogP contribution in [0.15, 0.2) is 35.9 Å². The van der Waals surface area contributed by atoms with E-state index >= 15 is 0 Å². The summed E-state index contributed by atoms with van der Waals surface area (Å²) in [5, 5.41) is 12.3. The number of allylic oxidation sites excluding steroid dienone is 1. The molecule has 0 radical (unpaired) electrons. The minimum atomic E-state index is 0.113. The molecule has 0 aromatic heterocycles. The largest absolute Gasteiger partial charge is 0.392 e. The van der Waals surface area contributed by atoms with Crippen LogP contribution in [0, 0.1) is 0 Å². The molecule has 82 valence electrons. The molecule has 1 aromatic rings. The molecule has 2 nitrogen and oxygen atoms in total. The number of nitrogens with one attached hydrogen (secondary N) is 1. The van der Waals surface area contributed by atoms with Crippen LogP contribution in [0.4, 0.5) is 0 Å². The predicted octanol–water partition coefficient (Wildman–Crippen LogP) is 2.23. The fourth-order valence-electron chi connectivity index (χ4n) is 1.33. The standard InChI is InChI=1S/C13H19NO/c1-11(2)6-7-14-9-12-4-3-5-13(8-12)10-15/h3-6,8,14-15H,7,9-10H2,1-2H3. The number of rotatable bonds is 5. The first kappa shape index (κ1) is 12.0. The van der Waals surface area contributed by atoms with Crippen LogP contribution in [-0.4, -0.2) is 11.7 Å². The van der Waals surface area contributed by atoms with Gasteiger partial charge in [-0.3, -0.25) is 0 Å². The van der Waals surface area contributed by atoms with Gasteiger partial charge in [-0.05, 0) is 25.0 Å². The first-order chi connectivity index (χ1) is 7.22. The highest BCUT2D eigenvalue weighted by Crippen LogP contribution is 2.04. The minimum absolute atomic E-state index is 0.113. The molecule has 0 atom stereocenters.